The molecule has 1 aromatic rings. The molecule has 1 atom stereocenters. The first kappa shape index (κ1) is 7.26. The zero-order valence-corrected chi connectivity index (χ0v) is 6.14. The van der Waals surface area contributed by atoms with Crippen LogP contribution < -0.4 is 0 Å². The molecule has 0 bridgehead atoms. The van der Waals surface area contributed by atoms with Gasteiger partial charge in [-0.15, -0.1) is 11.3 Å². The molecule has 2 nitrogen and oxygen atoms in total. The van der Waals surface area contributed by atoms with Crippen LogP contribution >= 0.6 is 11.3 Å². The van der Waals surface area contributed by atoms with Gasteiger partial charge in [0, 0.05) is 11.3 Å². The second kappa shape index (κ2) is 3.35. The zero-order valence-electron chi connectivity index (χ0n) is 5.32. The molecule has 0 saturated heterocycles. The van der Waals surface area contributed by atoms with Crippen molar-refractivity contribution in [1.29, 1.82) is 5.26 Å². The summed E-state index contributed by atoms with van der Waals surface area (Å²) >= 11 is 1.56. The van der Waals surface area contributed by atoms with Gasteiger partial charge in [-0.2, -0.15) is 5.26 Å². The summed E-state index contributed by atoms with van der Waals surface area (Å²) in [6.07, 6.45) is -0.396. The Bertz CT molecular complexity index is 224. The Morgan fingerprint density at radius 2 is 2.60 bits per heavy atom. The third kappa shape index (κ3) is 1.83. The third-order valence-corrected chi connectivity index (χ3v) is 2.02. The second-order valence-corrected chi connectivity index (χ2v) is 2.96. The predicted molar refractivity (Wildman–Crippen MR) is 39.6 cm³/mol. The standard InChI is InChI=1S/C7H7NOS/c8-5-6(9)4-7-2-1-3-10-7/h1-3,6,9H,4H2/t6-/m0/s1. The highest BCUT2D eigenvalue weighted by molar-refractivity contribution is 7.09. The molecule has 0 aliphatic rings. The molecule has 0 amide bonds. The van der Waals surface area contributed by atoms with E-state index in [4.69, 9.17) is 10.4 Å². The highest BCUT2D eigenvalue weighted by Crippen LogP contribution is 2.10. The van der Waals surface area contributed by atoms with Crippen molar-refractivity contribution in [3.8, 4) is 6.07 Å². The van der Waals surface area contributed by atoms with Crippen LogP contribution in [0.2, 0.25) is 0 Å². The van der Waals surface area contributed by atoms with E-state index in [1.807, 2.05) is 17.5 Å². The molecule has 52 valence electrons. The van der Waals surface area contributed by atoms with Crippen LogP contribution in [0.1, 0.15) is 4.88 Å². The summed E-state index contributed by atoms with van der Waals surface area (Å²) < 4.78 is 0. The molecule has 0 spiro atoms. The van der Waals surface area contributed by atoms with Crippen molar-refractivity contribution in [1.82, 2.24) is 0 Å². The first-order valence-corrected chi connectivity index (χ1v) is 3.81. The number of thiophene rings is 1. The molecular weight excluding hydrogens is 146 g/mol. The Morgan fingerprint density at radius 1 is 1.80 bits per heavy atom. The summed E-state index contributed by atoms with van der Waals surface area (Å²) in [5.74, 6) is 0. The SMILES string of the molecule is N#C[C@@H](O)Cc1cccs1. The third-order valence-electron chi connectivity index (χ3n) is 1.12. The Morgan fingerprint density at radius 3 is 3.10 bits per heavy atom. The molecule has 0 saturated carbocycles. The van der Waals surface area contributed by atoms with E-state index in [0.29, 0.717) is 6.42 Å². The average Bonchev–Trinajstić information content (AvgIpc) is 2.40. The highest BCUT2D eigenvalue weighted by atomic mass is 32.1. The average molecular weight is 153 g/mol. The number of rotatable bonds is 2. The van der Waals surface area contributed by atoms with Gasteiger partial charge in [-0.1, -0.05) is 6.07 Å². The van der Waals surface area contributed by atoms with Gasteiger partial charge in [0.1, 0.15) is 6.10 Å². The smallest absolute Gasteiger partial charge is 0.145 e. The van der Waals surface area contributed by atoms with Crippen LogP contribution in [0.3, 0.4) is 0 Å². The van der Waals surface area contributed by atoms with E-state index in [1.54, 1.807) is 17.4 Å². The van der Waals surface area contributed by atoms with Gasteiger partial charge in [0.2, 0.25) is 0 Å². The molecule has 0 radical (unpaired) electrons. The zero-order chi connectivity index (χ0) is 7.40. The van der Waals surface area contributed by atoms with Gasteiger partial charge in [0.05, 0.1) is 6.07 Å². The summed E-state index contributed by atoms with van der Waals surface area (Å²) in [4.78, 5) is 1.05. The molecule has 0 aliphatic heterocycles. The molecule has 1 N–H and O–H groups in total. The van der Waals surface area contributed by atoms with Crippen LogP contribution in [0.4, 0.5) is 0 Å². The fourth-order valence-corrected chi connectivity index (χ4v) is 1.41. The van der Waals surface area contributed by atoms with Crippen LogP contribution in [0, 0.1) is 11.3 Å². The minimum Gasteiger partial charge on any atom is -0.378 e. The summed E-state index contributed by atoms with van der Waals surface area (Å²) in [5, 5.41) is 19.0. The Kier molecular flexibility index (Phi) is 2.43. The van der Waals surface area contributed by atoms with Crippen molar-refractivity contribution in [2.75, 3.05) is 0 Å². The molecule has 0 unspecified atom stereocenters. The Balaban J connectivity index is 2.50. The maximum absolute atomic E-state index is 8.88. The normalized spacial score (nSPS) is 12.4. The van der Waals surface area contributed by atoms with Crippen molar-refractivity contribution in [2.24, 2.45) is 0 Å². The minimum atomic E-state index is -0.848. The van der Waals surface area contributed by atoms with Crippen molar-refractivity contribution >= 4 is 11.3 Å². The Labute approximate surface area is 63.4 Å². The number of hydrogen-bond acceptors (Lipinski definition) is 3. The monoisotopic (exact) mass is 153 g/mol. The van der Waals surface area contributed by atoms with E-state index in [0.717, 1.165) is 4.88 Å². The summed E-state index contributed by atoms with van der Waals surface area (Å²) in [6.45, 7) is 0. The van der Waals surface area contributed by atoms with E-state index < -0.39 is 6.10 Å². The molecule has 10 heavy (non-hydrogen) atoms. The molecule has 1 aromatic heterocycles. The molecule has 0 fully saturated rings. The van der Waals surface area contributed by atoms with Crippen LogP contribution in [-0.4, -0.2) is 11.2 Å². The lowest BCUT2D eigenvalue weighted by molar-refractivity contribution is 0.232. The van der Waals surface area contributed by atoms with E-state index in [1.165, 1.54) is 0 Å². The first-order chi connectivity index (χ1) is 4.83. The number of nitrogens with zero attached hydrogens (tertiary/aromatic N) is 1. The van der Waals surface area contributed by atoms with E-state index >= 15 is 0 Å². The topological polar surface area (TPSA) is 44.0 Å². The molecule has 0 aliphatic carbocycles. The van der Waals surface area contributed by atoms with E-state index in [2.05, 4.69) is 0 Å². The summed E-state index contributed by atoms with van der Waals surface area (Å²) in [6, 6.07) is 5.58. The van der Waals surface area contributed by atoms with Gasteiger partial charge >= 0.3 is 0 Å². The van der Waals surface area contributed by atoms with Crippen molar-refractivity contribution in [3.05, 3.63) is 22.4 Å². The van der Waals surface area contributed by atoms with Crippen molar-refractivity contribution in [2.45, 2.75) is 12.5 Å². The van der Waals surface area contributed by atoms with Gasteiger partial charge in [-0.05, 0) is 11.4 Å². The maximum Gasteiger partial charge on any atom is 0.145 e. The predicted octanol–water partition coefficient (Wildman–Crippen LogP) is 1.18. The molecule has 0 aromatic carbocycles. The van der Waals surface area contributed by atoms with Crippen molar-refractivity contribution < 1.29 is 5.11 Å². The molecule has 3 heteroatoms. The number of nitriles is 1. The Hall–Kier alpha value is -0.850. The maximum atomic E-state index is 8.88. The first-order valence-electron chi connectivity index (χ1n) is 2.93. The fraction of sp³-hybridized carbons (Fsp3) is 0.286. The highest BCUT2D eigenvalue weighted by Gasteiger charge is 2.02. The van der Waals surface area contributed by atoms with Gasteiger partial charge < -0.3 is 5.11 Å². The lowest BCUT2D eigenvalue weighted by atomic mass is 10.2. The number of aliphatic hydroxyl groups is 1. The minimum absolute atomic E-state index is 0.453. The number of aliphatic hydroxyl groups excluding tert-OH is 1. The quantitative estimate of drug-likeness (QED) is 0.648. The van der Waals surface area contributed by atoms with Crippen LogP contribution in [-0.2, 0) is 6.42 Å². The van der Waals surface area contributed by atoms with Gasteiger partial charge in [-0.25, -0.2) is 0 Å². The largest absolute Gasteiger partial charge is 0.378 e. The van der Waals surface area contributed by atoms with Crippen molar-refractivity contribution in [3.63, 3.8) is 0 Å². The van der Waals surface area contributed by atoms with Crippen LogP contribution in [0.15, 0.2) is 17.5 Å². The van der Waals surface area contributed by atoms with Gasteiger partial charge in [-0.3, -0.25) is 0 Å². The van der Waals surface area contributed by atoms with Crippen LogP contribution in [0.5, 0.6) is 0 Å². The number of hydrogen-bond donors (Lipinski definition) is 1. The van der Waals surface area contributed by atoms with Gasteiger partial charge in [0.15, 0.2) is 0 Å². The van der Waals surface area contributed by atoms with Crippen LogP contribution in [0.25, 0.3) is 0 Å². The lowest BCUT2D eigenvalue weighted by Crippen LogP contribution is -2.04. The fourth-order valence-electron chi connectivity index (χ4n) is 0.665. The molecule has 1 rings (SSSR count). The second-order valence-electron chi connectivity index (χ2n) is 1.93. The van der Waals surface area contributed by atoms with Gasteiger partial charge in [0.25, 0.3) is 0 Å². The lowest BCUT2D eigenvalue weighted by Gasteiger charge is -1.95. The summed E-state index contributed by atoms with van der Waals surface area (Å²) in [5.41, 5.74) is 0. The summed E-state index contributed by atoms with van der Waals surface area (Å²) in [7, 11) is 0. The molecular formula is C7H7NOS. The van der Waals surface area contributed by atoms with E-state index in [-0.39, 0.29) is 0 Å². The molecule has 1 heterocycles. The van der Waals surface area contributed by atoms with E-state index in [9.17, 15) is 0 Å².